The molecule has 0 saturated heterocycles. The van der Waals surface area contributed by atoms with Crippen LogP contribution in [-0.2, 0) is 4.74 Å². The Morgan fingerprint density at radius 3 is 2.28 bits per heavy atom. The first kappa shape index (κ1) is 20.5. The fourth-order valence-electron chi connectivity index (χ4n) is 2.93. The van der Waals surface area contributed by atoms with E-state index in [2.05, 4.69) is 12.2 Å². The molecule has 0 aromatic heterocycles. The highest BCUT2D eigenvalue weighted by atomic mass is 16.6. The third-order valence-electron chi connectivity index (χ3n) is 4.44. The Kier molecular flexibility index (Phi) is 6.95. The van der Waals surface area contributed by atoms with Crippen LogP contribution in [0, 0.1) is 0 Å². The molecule has 5 nitrogen and oxygen atoms in total. The van der Waals surface area contributed by atoms with Gasteiger partial charge in [-0.05, 0) is 79.1 Å². The molecule has 152 valence electrons. The molecule has 1 amide bonds. The second kappa shape index (κ2) is 9.82. The molecule has 0 aliphatic heterocycles. The molecular weight excluding hydrogens is 366 g/mol. The van der Waals surface area contributed by atoms with Crippen LogP contribution >= 0.6 is 0 Å². The van der Waals surface area contributed by atoms with E-state index in [0.717, 1.165) is 40.0 Å². The topological polar surface area (TPSA) is 56.8 Å². The van der Waals surface area contributed by atoms with Gasteiger partial charge in [0.1, 0.15) is 23.4 Å². The zero-order valence-corrected chi connectivity index (χ0v) is 17.1. The van der Waals surface area contributed by atoms with Gasteiger partial charge in [-0.25, -0.2) is 4.79 Å². The number of amides is 1. The molecule has 0 spiro atoms. The summed E-state index contributed by atoms with van der Waals surface area (Å²) in [4.78, 5) is 11.6. The normalized spacial score (nSPS) is 11.7. The summed E-state index contributed by atoms with van der Waals surface area (Å²) in [6.07, 6.45) is 0.249. The summed E-state index contributed by atoms with van der Waals surface area (Å²) < 4.78 is 16.9. The molecule has 3 aromatic carbocycles. The second-order valence-electron chi connectivity index (χ2n) is 6.77. The largest absolute Gasteiger partial charge is 0.494 e. The lowest BCUT2D eigenvalue weighted by Crippen LogP contribution is -2.24. The van der Waals surface area contributed by atoms with Crippen molar-refractivity contribution in [1.29, 1.82) is 0 Å². The molecule has 5 heteroatoms. The summed E-state index contributed by atoms with van der Waals surface area (Å²) in [5.74, 6) is 2.36. The Balaban J connectivity index is 1.69. The van der Waals surface area contributed by atoms with Gasteiger partial charge in [-0.1, -0.05) is 25.1 Å². The lowest BCUT2D eigenvalue weighted by Gasteiger charge is -2.15. The van der Waals surface area contributed by atoms with Gasteiger partial charge in [-0.15, -0.1) is 0 Å². The van der Waals surface area contributed by atoms with Crippen LogP contribution in [0.2, 0.25) is 0 Å². The van der Waals surface area contributed by atoms with Crippen molar-refractivity contribution in [1.82, 2.24) is 5.32 Å². The third-order valence-corrected chi connectivity index (χ3v) is 4.44. The van der Waals surface area contributed by atoms with Gasteiger partial charge in [0, 0.05) is 6.54 Å². The Labute approximate surface area is 171 Å². The molecule has 0 saturated carbocycles. The van der Waals surface area contributed by atoms with E-state index in [9.17, 15) is 4.79 Å². The van der Waals surface area contributed by atoms with Gasteiger partial charge >= 0.3 is 6.09 Å². The molecule has 3 aromatic rings. The number of benzene rings is 3. The van der Waals surface area contributed by atoms with Crippen LogP contribution in [0.3, 0.4) is 0 Å². The third kappa shape index (κ3) is 5.64. The Bertz CT molecular complexity index is 953. The van der Waals surface area contributed by atoms with Crippen LogP contribution in [0.25, 0.3) is 10.8 Å². The van der Waals surface area contributed by atoms with Crippen molar-refractivity contribution in [3.05, 3.63) is 66.2 Å². The van der Waals surface area contributed by atoms with Crippen molar-refractivity contribution in [2.45, 2.75) is 33.3 Å². The highest BCUT2D eigenvalue weighted by Gasteiger charge is 2.11. The van der Waals surface area contributed by atoms with Gasteiger partial charge in [0.25, 0.3) is 0 Å². The van der Waals surface area contributed by atoms with Gasteiger partial charge < -0.3 is 19.5 Å². The van der Waals surface area contributed by atoms with Gasteiger partial charge in [-0.3, -0.25) is 0 Å². The number of carbonyl (C=O) groups excluding carboxylic acids is 1. The van der Waals surface area contributed by atoms with E-state index in [-0.39, 0.29) is 6.10 Å². The van der Waals surface area contributed by atoms with Crippen molar-refractivity contribution in [3.63, 3.8) is 0 Å². The molecule has 0 heterocycles. The quantitative estimate of drug-likeness (QED) is 0.493. The number of hydrogen-bond acceptors (Lipinski definition) is 4. The van der Waals surface area contributed by atoms with Crippen LogP contribution in [0.15, 0.2) is 60.7 Å². The first-order valence-electron chi connectivity index (χ1n) is 9.98. The van der Waals surface area contributed by atoms with Crippen LogP contribution in [-0.4, -0.2) is 19.2 Å². The Morgan fingerprint density at radius 2 is 1.55 bits per heavy atom. The maximum absolute atomic E-state index is 11.6. The zero-order valence-electron chi connectivity index (χ0n) is 17.1. The fourth-order valence-corrected chi connectivity index (χ4v) is 2.93. The summed E-state index contributed by atoms with van der Waals surface area (Å²) in [7, 11) is 0. The Morgan fingerprint density at radius 1 is 0.897 bits per heavy atom. The summed E-state index contributed by atoms with van der Waals surface area (Å²) >= 11 is 0. The molecule has 0 radical (unpaired) electrons. The van der Waals surface area contributed by atoms with Crippen molar-refractivity contribution in [2.75, 3.05) is 13.2 Å². The molecule has 0 fully saturated rings. The maximum atomic E-state index is 11.6. The lowest BCUT2D eigenvalue weighted by molar-refractivity contribution is 0.107. The lowest BCUT2D eigenvalue weighted by atomic mass is 10.0. The highest BCUT2D eigenvalue weighted by molar-refractivity contribution is 5.84. The fraction of sp³-hybridized carbons (Fsp3) is 0.292. The Hall–Kier alpha value is -3.21. The van der Waals surface area contributed by atoms with Crippen molar-refractivity contribution in [2.24, 2.45) is 0 Å². The van der Waals surface area contributed by atoms with E-state index in [1.807, 2.05) is 74.5 Å². The molecular formula is C24H27NO4. The summed E-state index contributed by atoms with van der Waals surface area (Å²) in [6, 6.07) is 19.6. The van der Waals surface area contributed by atoms with Crippen LogP contribution in [0.5, 0.6) is 17.2 Å². The predicted octanol–water partition coefficient (Wildman–Crippen LogP) is 6.23. The minimum atomic E-state index is -0.407. The average Bonchev–Trinajstić information content (AvgIpc) is 2.73. The number of carbonyl (C=O) groups is 1. The van der Waals surface area contributed by atoms with E-state index in [0.29, 0.717) is 13.2 Å². The van der Waals surface area contributed by atoms with Crippen molar-refractivity contribution < 1.29 is 19.0 Å². The standard InChI is InChI=1S/C24H27NO4/c1-4-14-27-21-10-12-22(13-11-21)29-23-9-8-19-15-18(6-7-20(19)16-23)17(3)28-24(26)25-5-2/h6-13,15-17H,4-5,14H2,1-3H3,(H,25,26). The SMILES string of the molecule is CCCOc1ccc(Oc2ccc3cc(C(C)OC(=O)NCC)ccc3c2)cc1. The van der Waals surface area contributed by atoms with E-state index in [1.165, 1.54) is 0 Å². The maximum Gasteiger partial charge on any atom is 0.407 e. The average molecular weight is 393 g/mol. The van der Waals surface area contributed by atoms with Gasteiger partial charge in [0.05, 0.1) is 6.61 Å². The minimum Gasteiger partial charge on any atom is -0.494 e. The van der Waals surface area contributed by atoms with Gasteiger partial charge in [-0.2, -0.15) is 0 Å². The van der Waals surface area contributed by atoms with E-state index in [1.54, 1.807) is 0 Å². The van der Waals surface area contributed by atoms with E-state index >= 15 is 0 Å². The second-order valence-corrected chi connectivity index (χ2v) is 6.77. The molecule has 0 bridgehead atoms. The highest BCUT2D eigenvalue weighted by Crippen LogP contribution is 2.29. The molecule has 1 N–H and O–H groups in total. The molecule has 0 aliphatic rings. The first-order valence-corrected chi connectivity index (χ1v) is 9.98. The predicted molar refractivity (Wildman–Crippen MR) is 115 cm³/mol. The number of nitrogens with one attached hydrogen (secondary N) is 1. The minimum absolute atomic E-state index is 0.324. The number of hydrogen-bond donors (Lipinski definition) is 1. The smallest absolute Gasteiger partial charge is 0.407 e. The molecule has 29 heavy (non-hydrogen) atoms. The number of fused-ring (bicyclic) bond motifs is 1. The van der Waals surface area contributed by atoms with Crippen molar-refractivity contribution >= 4 is 16.9 Å². The zero-order chi connectivity index (χ0) is 20.6. The summed E-state index contributed by atoms with van der Waals surface area (Å²) in [5, 5.41) is 4.76. The monoisotopic (exact) mass is 393 g/mol. The number of alkyl carbamates (subject to hydrolysis) is 1. The number of rotatable bonds is 8. The molecule has 1 atom stereocenters. The van der Waals surface area contributed by atoms with Crippen molar-refractivity contribution in [3.8, 4) is 17.2 Å². The van der Waals surface area contributed by atoms with E-state index in [4.69, 9.17) is 14.2 Å². The van der Waals surface area contributed by atoms with Gasteiger partial charge in [0.2, 0.25) is 0 Å². The summed E-state index contributed by atoms with van der Waals surface area (Å²) in [6.45, 7) is 7.05. The van der Waals surface area contributed by atoms with Crippen LogP contribution < -0.4 is 14.8 Å². The van der Waals surface area contributed by atoms with Crippen LogP contribution in [0.4, 0.5) is 4.79 Å². The van der Waals surface area contributed by atoms with E-state index < -0.39 is 6.09 Å². The first-order chi connectivity index (χ1) is 14.1. The molecule has 0 aliphatic carbocycles. The molecule has 3 rings (SSSR count). The van der Waals surface area contributed by atoms with Gasteiger partial charge in [0.15, 0.2) is 0 Å². The molecule has 1 unspecified atom stereocenters. The summed E-state index contributed by atoms with van der Waals surface area (Å²) in [5.41, 5.74) is 0.945. The number of ether oxygens (including phenoxy) is 3. The van der Waals surface area contributed by atoms with Crippen LogP contribution in [0.1, 0.15) is 38.9 Å².